The minimum Gasteiger partial charge on any atom is -0.300 e. The van der Waals surface area contributed by atoms with E-state index in [9.17, 15) is 13.2 Å². The molecule has 0 amide bonds. The normalized spacial score (nSPS) is 12.8. The van der Waals surface area contributed by atoms with E-state index in [4.69, 9.17) is 0 Å². The first-order valence-electron chi connectivity index (χ1n) is 5.25. The number of alkyl halides is 3. The molecule has 0 aliphatic rings. The van der Waals surface area contributed by atoms with Crippen molar-refractivity contribution in [1.29, 1.82) is 0 Å². The highest BCUT2D eigenvalue weighted by molar-refractivity contribution is 5.27. The van der Waals surface area contributed by atoms with Crippen LogP contribution in [0.2, 0.25) is 0 Å². The first kappa shape index (κ1) is 13.6. The number of nitrogens with one attached hydrogen (secondary N) is 1. The van der Waals surface area contributed by atoms with E-state index in [2.05, 4.69) is 17.2 Å². The molecule has 0 bridgehead atoms. The molecule has 0 aliphatic carbocycles. The minimum absolute atomic E-state index is 0.154. The van der Waals surface area contributed by atoms with Gasteiger partial charge in [0.2, 0.25) is 0 Å². The Balaban J connectivity index is 2.79. The van der Waals surface area contributed by atoms with E-state index < -0.39 is 11.7 Å². The lowest BCUT2D eigenvalue weighted by molar-refractivity contribution is -0.137. The Hall–Kier alpha value is -1.47. The van der Waals surface area contributed by atoms with Crippen LogP contribution in [-0.2, 0) is 6.18 Å². The number of hydrogen-bond donors (Lipinski definition) is 1. The average Bonchev–Trinajstić information content (AvgIpc) is 2.28. The van der Waals surface area contributed by atoms with Crippen molar-refractivity contribution in [2.24, 2.45) is 0 Å². The fourth-order valence-electron chi connectivity index (χ4n) is 1.39. The van der Waals surface area contributed by atoms with Gasteiger partial charge in [-0.15, -0.1) is 5.92 Å². The van der Waals surface area contributed by atoms with E-state index in [1.807, 2.05) is 6.92 Å². The van der Waals surface area contributed by atoms with E-state index in [0.29, 0.717) is 12.1 Å². The molecule has 0 aliphatic heterocycles. The fraction of sp³-hybridized carbons (Fsp3) is 0.385. The van der Waals surface area contributed by atoms with Crippen molar-refractivity contribution in [2.75, 3.05) is 6.54 Å². The van der Waals surface area contributed by atoms with Gasteiger partial charge < -0.3 is 0 Å². The predicted molar refractivity (Wildman–Crippen MR) is 61.3 cm³/mol. The summed E-state index contributed by atoms with van der Waals surface area (Å²) in [6, 6.07) is 5.17. The van der Waals surface area contributed by atoms with Crippen LogP contribution in [0.5, 0.6) is 0 Å². The maximum atomic E-state index is 12.5. The third kappa shape index (κ3) is 4.12. The van der Waals surface area contributed by atoms with Gasteiger partial charge in [-0.2, -0.15) is 13.2 Å². The van der Waals surface area contributed by atoms with Gasteiger partial charge in [0.1, 0.15) is 0 Å². The summed E-state index contributed by atoms with van der Waals surface area (Å²) in [6.45, 7) is 4.00. The van der Waals surface area contributed by atoms with Gasteiger partial charge in [0.25, 0.3) is 0 Å². The van der Waals surface area contributed by atoms with E-state index in [0.717, 1.165) is 12.1 Å². The average molecular weight is 241 g/mol. The second kappa shape index (κ2) is 5.74. The highest BCUT2D eigenvalue weighted by Crippen LogP contribution is 2.30. The Bertz CT molecular complexity index is 426. The van der Waals surface area contributed by atoms with Crippen LogP contribution in [0, 0.1) is 11.8 Å². The molecule has 1 aromatic rings. The molecule has 0 saturated carbocycles. The first-order chi connectivity index (χ1) is 7.95. The highest BCUT2D eigenvalue weighted by Gasteiger charge is 2.30. The molecule has 1 nitrogen and oxygen atoms in total. The van der Waals surface area contributed by atoms with E-state index in [1.54, 1.807) is 13.0 Å². The molecule has 0 saturated heterocycles. The van der Waals surface area contributed by atoms with E-state index in [1.165, 1.54) is 6.07 Å². The van der Waals surface area contributed by atoms with E-state index in [-0.39, 0.29) is 6.04 Å². The van der Waals surface area contributed by atoms with Gasteiger partial charge in [0, 0.05) is 6.04 Å². The lowest BCUT2D eigenvalue weighted by Gasteiger charge is -2.14. The molecule has 0 aromatic heterocycles. The molecular weight excluding hydrogens is 227 g/mol. The molecule has 0 fully saturated rings. The smallest absolute Gasteiger partial charge is 0.300 e. The molecule has 1 atom stereocenters. The van der Waals surface area contributed by atoms with Crippen molar-refractivity contribution in [1.82, 2.24) is 5.32 Å². The minimum atomic E-state index is -4.29. The summed E-state index contributed by atoms with van der Waals surface area (Å²) < 4.78 is 37.5. The van der Waals surface area contributed by atoms with Gasteiger partial charge in [-0.3, -0.25) is 5.32 Å². The highest BCUT2D eigenvalue weighted by atomic mass is 19.4. The standard InChI is InChI=1S/C13H14F3N/c1-3-4-8-17-10(2)11-6-5-7-12(9-11)13(14,15)16/h5-7,9-10,17H,8H2,1-2H3. The van der Waals surface area contributed by atoms with Crippen LogP contribution in [-0.4, -0.2) is 6.54 Å². The topological polar surface area (TPSA) is 12.0 Å². The summed E-state index contributed by atoms with van der Waals surface area (Å²) in [5, 5.41) is 3.04. The van der Waals surface area contributed by atoms with Crippen LogP contribution in [0.1, 0.15) is 31.0 Å². The molecule has 17 heavy (non-hydrogen) atoms. The molecular formula is C13H14F3N. The van der Waals surface area contributed by atoms with Crippen molar-refractivity contribution in [2.45, 2.75) is 26.1 Å². The molecule has 1 aromatic carbocycles. The second-order valence-electron chi connectivity index (χ2n) is 3.65. The largest absolute Gasteiger partial charge is 0.416 e. The van der Waals surface area contributed by atoms with Gasteiger partial charge in [0.05, 0.1) is 12.1 Å². The molecule has 4 heteroatoms. The lowest BCUT2D eigenvalue weighted by Crippen LogP contribution is -2.19. The summed E-state index contributed by atoms with van der Waals surface area (Å²) in [5.74, 6) is 5.53. The van der Waals surface area contributed by atoms with Crippen LogP contribution >= 0.6 is 0 Å². The van der Waals surface area contributed by atoms with Gasteiger partial charge in [-0.1, -0.05) is 18.1 Å². The Morgan fingerprint density at radius 2 is 2.06 bits per heavy atom. The molecule has 1 N–H and O–H groups in total. The second-order valence-corrected chi connectivity index (χ2v) is 3.65. The number of rotatable bonds is 3. The first-order valence-corrected chi connectivity index (χ1v) is 5.25. The third-order valence-electron chi connectivity index (χ3n) is 2.39. The summed E-state index contributed by atoms with van der Waals surface area (Å²) in [6.07, 6.45) is -4.29. The zero-order chi connectivity index (χ0) is 12.9. The van der Waals surface area contributed by atoms with Crippen molar-refractivity contribution >= 4 is 0 Å². The molecule has 1 unspecified atom stereocenters. The fourth-order valence-corrected chi connectivity index (χ4v) is 1.39. The van der Waals surface area contributed by atoms with Gasteiger partial charge in [0.15, 0.2) is 0 Å². The van der Waals surface area contributed by atoms with Crippen molar-refractivity contribution in [3.8, 4) is 11.8 Å². The summed E-state index contributed by atoms with van der Waals surface area (Å²) >= 11 is 0. The van der Waals surface area contributed by atoms with Crippen LogP contribution in [0.4, 0.5) is 13.2 Å². The molecule has 1 rings (SSSR count). The van der Waals surface area contributed by atoms with Crippen LogP contribution in [0.25, 0.3) is 0 Å². The van der Waals surface area contributed by atoms with Crippen molar-refractivity contribution < 1.29 is 13.2 Å². The number of hydrogen-bond acceptors (Lipinski definition) is 1. The maximum Gasteiger partial charge on any atom is 0.416 e. The number of benzene rings is 1. The van der Waals surface area contributed by atoms with Crippen molar-refractivity contribution in [3.63, 3.8) is 0 Å². The SMILES string of the molecule is CC#CCNC(C)c1cccc(C(F)(F)F)c1. The molecule has 0 spiro atoms. The van der Waals surface area contributed by atoms with Crippen molar-refractivity contribution in [3.05, 3.63) is 35.4 Å². The molecule has 0 radical (unpaired) electrons. The monoisotopic (exact) mass is 241 g/mol. The van der Waals surface area contributed by atoms with Crippen LogP contribution < -0.4 is 5.32 Å². The summed E-state index contributed by atoms with van der Waals surface area (Å²) in [4.78, 5) is 0. The van der Waals surface area contributed by atoms with Crippen LogP contribution in [0.15, 0.2) is 24.3 Å². The third-order valence-corrected chi connectivity index (χ3v) is 2.39. The van der Waals surface area contributed by atoms with Gasteiger partial charge >= 0.3 is 6.18 Å². The van der Waals surface area contributed by atoms with Crippen LogP contribution in [0.3, 0.4) is 0 Å². The Labute approximate surface area is 99.0 Å². The Kier molecular flexibility index (Phi) is 4.59. The zero-order valence-electron chi connectivity index (χ0n) is 9.73. The Morgan fingerprint density at radius 3 is 2.65 bits per heavy atom. The predicted octanol–water partition coefficient (Wildman–Crippen LogP) is 3.38. The number of halogens is 3. The summed E-state index contributed by atoms with van der Waals surface area (Å²) in [5.41, 5.74) is -0.0112. The van der Waals surface area contributed by atoms with Gasteiger partial charge in [-0.05, 0) is 31.5 Å². The Morgan fingerprint density at radius 1 is 1.35 bits per heavy atom. The van der Waals surface area contributed by atoms with E-state index >= 15 is 0 Å². The molecule has 92 valence electrons. The zero-order valence-corrected chi connectivity index (χ0v) is 9.73. The summed E-state index contributed by atoms with van der Waals surface area (Å²) in [7, 11) is 0. The van der Waals surface area contributed by atoms with Gasteiger partial charge in [-0.25, -0.2) is 0 Å². The quantitative estimate of drug-likeness (QED) is 0.800. The molecule has 0 heterocycles. The lowest BCUT2D eigenvalue weighted by atomic mass is 10.0. The maximum absolute atomic E-state index is 12.5.